The molecule has 0 saturated carbocycles. The topological polar surface area (TPSA) is 128 Å². The number of hydrogen-bond donors (Lipinski definition) is 4. The smallest absolute Gasteiger partial charge is 0.303 e. The van der Waals surface area contributed by atoms with E-state index in [1.165, 1.54) is 0 Å². The number of hydrogen-bond acceptors (Lipinski definition) is 5. The van der Waals surface area contributed by atoms with E-state index in [2.05, 4.69) is 21.7 Å². The van der Waals surface area contributed by atoms with E-state index < -0.39 is 15.8 Å². The van der Waals surface area contributed by atoms with Crippen LogP contribution in [0.25, 0.3) is 11.6 Å². The molecule has 0 radical (unpaired) electrons. The van der Waals surface area contributed by atoms with Gasteiger partial charge in [-0.1, -0.05) is 12.1 Å². The molecule has 2 aliphatic heterocycles. The second-order valence-electron chi connectivity index (χ2n) is 8.44. The maximum absolute atomic E-state index is 12.9. The summed E-state index contributed by atoms with van der Waals surface area (Å²) in [7, 11) is -3.59. The summed E-state index contributed by atoms with van der Waals surface area (Å²) in [6, 6.07) is 5.86. The summed E-state index contributed by atoms with van der Waals surface area (Å²) < 4.78 is 24.8. The Hall–Kier alpha value is -2.91. The summed E-state index contributed by atoms with van der Waals surface area (Å²) in [5.74, 6) is -0.941. The van der Waals surface area contributed by atoms with Crippen molar-refractivity contribution in [3.8, 4) is 0 Å². The second-order valence-corrected chi connectivity index (χ2v) is 10.4. The SMILES string of the molecule is Cc1[nH]c(C=C2C(=O)Nc3cccc(C4CCNCC4)c32)c(CCC(=O)O)c1S(C)(=O)=O. The molecule has 2 aromatic rings. The summed E-state index contributed by atoms with van der Waals surface area (Å²) in [6.07, 6.45) is 4.57. The van der Waals surface area contributed by atoms with Crippen molar-refractivity contribution in [1.29, 1.82) is 0 Å². The van der Waals surface area contributed by atoms with Crippen LogP contribution >= 0.6 is 0 Å². The molecule has 1 aromatic carbocycles. The van der Waals surface area contributed by atoms with E-state index in [9.17, 15) is 18.0 Å². The van der Waals surface area contributed by atoms with Crippen LogP contribution in [0.2, 0.25) is 0 Å². The van der Waals surface area contributed by atoms with Gasteiger partial charge in [0.2, 0.25) is 0 Å². The molecule has 32 heavy (non-hydrogen) atoms. The van der Waals surface area contributed by atoms with Crippen molar-refractivity contribution in [3.63, 3.8) is 0 Å². The average Bonchev–Trinajstić information content (AvgIpc) is 3.23. The molecule has 8 nitrogen and oxygen atoms in total. The van der Waals surface area contributed by atoms with Crippen molar-refractivity contribution >= 4 is 39.1 Å². The normalized spacial score (nSPS) is 18.1. The van der Waals surface area contributed by atoms with Gasteiger partial charge in [0, 0.05) is 35.3 Å². The number of carboxylic acid groups (broad SMARTS) is 1. The fraction of sp³-hybridized carbons (Fsp3) is 0.391. The van der Waals surface area contributed by atoms with Gasteiger partial charge in [-0.05, 0) is 68.5 Å². The van der Waals surface area contributed by atoms with Crippen LogP contribution in [0.15, 0.2) is 23.1 Å². The number of fused-ring (bicyclic) bond motifs is 1. The Balaban J connectivity index is 1.86. The molecule has 0 bridgehead atoms. The molecule has 0 spiro atoms. The van der Waals surface area contributed by atoms with E-state index >= 15 is 0 Å². The number of aromatic amines is 1. The minimum Gasteiger partial charge on any atom is -0.481 e. The predicted octanol–water partition coefficient (Wildman–Crippen LogP) is 2.70. The number of sulfone groups is 1. The molecule has 1 fully saturated rings. The van der Waals surface area contributed by atoms with Gasteiger partial charge in [-0.2, -0.15) is 0 Å². The fourth-order valence-electron chi connectivity index (χ4n) is 4.82. The highest BCUT2D eigenvalue weighted by molar-refractivity contribution is 7.90. The molecule has 0 atom stereocenters. The van der Waals surface area contributed by atoms with Crippen LogP contribution < -0.4 is 10.6 Å². The molecule has 2 aliphatic rings. The van der Waals surface area contributed by atoms with Gasteiger partial charge in [0.05, 0.1) is 10.5 Å². The van der Waals surface area contributed by atoms with E-state index in [-0.39, 0.29) is 23.6 Å². The highest BCUT2D eigenvalue weighted by Crippen LogP contribution is 2.41. The van der Waals surface area contributed by atoms with Crippen molar-refractivity contribution in [2.75, 3.05) is 24.7 Å². The molecule has 3 heterocycles. The van der Waals surface area contributed by atoms with Gasteiger partial charge in [0.25, 0.3) is 5.91 Å². The maximum Gasteiger partial charge on any atom is 0.303 e. The van der Waals surface area contributed by atoms with Crippen molar-refractivity contribution < 1.29 is 23.1 Å². The zero-order chi connectivity index (χ0) is 23.0. The van der Waals surface area contributed by atoms with Crippen molar-refractivity contribution in [2.45, 2.75) is 43.4 Å². The minimum atomic E-state index is -3.59. The number of piperidine rings is 1. The van der Waals surface area contributed by atoms with E-state index in [4.69, 9.17) is 5.11 Å². The van der Waals surface area contributed by atoms with Crippen LogP contribution in [0, 0.1) is 6.92 Å². The molecule has 0 unspecified atom stereocenters. The number of carboxylic acids is 1. The van der Waals surface area contributed by atoms with Gasteiger partial charge in [-0.25, -0.2) is 8.42 Å². The minimum absolute atomic E-state index is 0.0472. The molecule has 1 amide bonds. The van der Waals surface area contributed by atoms with Crippen molar-refractivity contribution in [1.82, 2.24) is 10.3 Å². The third-order valence-corrected chi connectivity index (χ3v) is 7.44. The molecule has 0 aliphatic carbocycles. The Kier molecular flexibility index (Phi) is 5.96. The van der Waals surface area contributed by atoms with Gasteiger partial charge in [-0.3, -0.25) is 9.59 Å². The highest BCUT2D eigenvalue weighted by Gasteiger charge is 2.31. The lowest BCUT2D eigenvalue weighted by molar-refractivity contribution is -0.137. The summed E-state index contributed by atoms with van der Waals surface area (Å²) in [4.78, 5) is 27.3. The highest BCUT2D eigenvalue weighted by atomic mass is 32.2. The van der Waals surface area contributed by atoms with Crippen LogP contribution in [0.4, 0.5) is 5.69 Å². The number of amides is 1. The molecule has 4 N–H and O–H groups in total. The number of carbonyl (C=O) groups excluding carboxylic acids is 1. The number of benzene rings is 1. The number of rotatable bonds is 6. The number of aromatic nitrogens is 1. The number of aryl methyl sites for hydroxylation is 1. The quantitative estimate of drug-likeness (QED) is 0.494. The molecule has 1 saturated heterocycles. The zero-order valence-electron chi connectivity index (χ0n) is 18.1. The largest absolute Gasteiger partial charge is 0.481 e. The van der Waals surface area contributed by atoms with E-state index in [0.717, 1.165) is 49.0 Å². The molecule has 4 rings (SSSR count). The molecule has 9 heteroatoms. The Morgan fingerprint density at radius 2 is 1.97 bits per heavy atom. The number of carbonyl (C=O) groups is 2. The summed E-state index contributed by atoms with van der Waals surface area (Å²) in [6.45, 7) is 3.48. The van der Waals surface area contributed by atoms with Crippen LogP contribution in [-0.2, 0) is 25.8 Å². The van der Waals surface area contributed by atoms with Crippen molar-refractivity contribution in [2.24, 2.45) is 0 Å². The lowest BCUT2D eigenvalue weighted by Crippen LogP contribution is -2.27. The standard InChI is InChI=1S/C23H27N3O5S/c1-13-22(32(2,30)31)16(6-7-20(27)28)19(25-13)12-17-21-15(14-8-10-24-11-9-14)4-3-5-18(21)26-23(17)29/h3-5,12,14,24-25H,6-11H2,1-2H3,(H,26,29)(H,27,28). The Morgan fingerprint density at radius 3 is 2.62 bits per heavy atom. The van der Waals surface area contributed by atoms with E-state index in [0.29, 0.717) is 28.4 Å². The van der Waals surface area contributed by atoms with Gasteiger partial charge < -0.3 is 20.7 Å². The van der Waals surface area contributed by atoms with Gasteiger partial charge >= 0.3 is 5.97 Å². The number of aliphatic carboxylic acids is 1. The Morgan fingerprint density at radius 1 is 1.25 bits per heavy atom. The van der Waals surface area contributed by atoms with Gasteiger partial charge in [-0.15, -0.1) is 0 Å². The van der Waals surface area contributed by atoms with E-state index in [1.54, 1.807) is 13.0 Å². The molecular formula is C23H27N3O5S. The third-order valence-electron chi connectivity index (χ3n) is 6.15. The third kappa shape index (κ3) is 4.22. The number of H-pyrrole nitrogens is 1. The number of nitrogens with one attached hydrogen (secondary N) is 3. The molecular weight excluding hydrogens is 430 g/mol. The average molecular weight is 458 g/mol. The summed E-state index contributed by atoms with van der Waals surface area (Å²) in [5, 5.41) is 15.4. The van der Waals surface area contributed by atoms with Gasteiger partial charge in [0.1, 0.15) is 0 Å². The summed E-state index contributed by atoms with van der Waals surface area (Å²) in [5.41, 5.74) is 4.46. The first kappa shape index (κ1) is 22.3. The van der Waals surface area contributed by atoms with Crippen molar-refractivity contribution in [3.05, 3.63) is 46.3 Å². The summed E-state index contributed by atoms with van der Waals surface area (Å²) >= 11 is 0. The predicted molar refractivity (Wildman–Crippen MR) is 122 cm³/mol. The second kappa shape index (κ2) is 8.55. The van der Waals surface area contributed by atoms with Crippen LogP contribution in [0.1, 0.15) is 53.3 Å². The first-order chi connectivity index (χ1) is 15.2. The molecule has 170 valence electrons. The number of anilines is 1. The maximum atomic E-state index is 12.9. The zero-order valence-corrected chi connectivity index (χ0v) is 18.9. The molecule has 1 aromatic heterocycles. The van der Waals surface area contributed by atoms with Crippen LogP contribution in [-0.4, -0.2) is 49.7 Å². The van der Waals surface area contributed by atoms with Crippen LogP contribution in [0.3, 0.4) is 0 Å². The fourth-order valence-corrected chi connectivity index (χ4v) is 6.09. The van der Waals surface area contributed by atoms with E-state index in [1.807, 2.05) is 12.1 Å². The van der Waals surface area contributed by atoms with Crippen LogP contribution in [0.5, 0.6) is 0 Å². The lowest BCUT2D eigenvalue weighted by Gasteiger charge is -2.25. The van der Waals surface area contributed by atoms with Gasteiger partial charge in [0.15, 0.2) is 9.84 Å². The first-order valence-electron chi connectivity index (χ1n) is 10.7. The Bertz CT molecular complexity index is 1220. The Labute approximate surface area is 187 Å². The first-order valence-corrected chi connectivity index (χ1v) is 12.6. The lowest BCUT2D eigenvalue weighted by atomic mass is 9.85. The monoisotopic (exact) mass is 457 g/mol.